The van der Waals surface area contributed by atoms with Crippen LogP contribution < -0.4 is 20.7 Å². The molecular weight excluding hydrogens is 292 g/mol. The zero-order valence-corrected chi connectivity index (χ0v) is 12.2. The lowest BCUT2D eigenvalue weighted by Crippen LogP contribution is -2.25. The van der Waals surface area contributed by atoms with E-state index in [9.17, 15) is 8.42 Å². The Morgan fingerprint density at radius 2 is 2.10 bits per heavy atom. The van der Waals surface area contributed by atoms with Crippen LogP contribution in [0.4, 0.5) is 5.82 Å². The molecular formula is C13H16N4O3S. The highest BCUT2D eigenvalue weighted by atomic mass is 32.2. The smallest absolute Gasteiger partial charge is 0.244 e. The fraction of sp³-hybridized carbons (Fsp3) is 0.154. The Balaban J connectivity index is 2.18. The number of methoxy groups -OCH3 is 1. The number of pyridine rings is 1. The average Bonchev–Trinajstić information content (AvgIpc) is 2.53. The van der Waals surface area contributed by atoms with E-state index in [1.165, 1.54) is 18.3 Å². The van der Waals surface area contributed by atoms with Crippen LogP contribution in [0.5, 0.6) is 5.75 Å². The highest BCUT2D eigenvalue weighted by Gasteiger charge is 2.18. The minimum atomic E-state index is -3.72. The van der Waals surface area contributed by atoms with E-state index in [1.807, 2.05) is 0 Å². The molecule has 0 aliphatic rings. The van der Waals surface area contributed by atoms with Crippen molar-refractivity contribution in [2.24, 2.45) is 5.84 Å². The molecule has 0 aliphatic heterocycles. The van der Waals surface area contributed by atoms with Gasteiger partial charge in [-0.25, -0.2) is 24.0 Å². The third-order valence-electron chi connectivity index (χ3n) is 2.80. The SMILES string of the molecule is COc1cccc(CNS(=O)(=O)c2cccnc2NN)c1. The van der Waals surface area contributed by atoms with Crippen LogP contribution in [0.2, 0.25) is 0 Å². The van der Waals surface area contributed by atoms with Gasteiger partial charge < -0.3 is 10.2 Å². The first-order valence-corrected chi connectivity index (χ1v) is 7.59. The molecule has 0 fully saturated rings. The second-order valence-electron chi connectivity index (χ2n) is 4.17. The van der Waals surface area contributed by atoms with Crippen molar-refractivity contribution in [1.29, 1.82) is 0 Å². The number of hydrogen-bond donors (Lipinski definition) is 3. The Bertz CT molecular complexity index is 719. The van der Waals surface area contributed by atoms with Gasteiger partial charge in [0.15, 0.2) is 5.82 Å². The normalized spacial score (nSPS) is 11.1. The quantitative estimate of drug-likeness (QED) is 0.539. The molecule has 0 saturated heterocycles. The fourth-order valence-corrected chi connectivity index (χ4v) is 2.89. The number of nitrogens with two attached hydrogens (primary N) is 1. The van der Waals surface area contributed by atoms with E-state index >= 15 is 0 Å². The van der Waals surface area contributed by atoms with Gasteiger partial charge in [0, 0.05) is 12.7 Å². The molecule has 2 rings (SSSR count). The van der Waals surface area contributed by atoms with Gasteiger partial charge in [-0.2, -0.15) is 0 Å². The van der Waals surface area contributed by atoms with Gasteiger partial charge in [0.25, 0.3) is 0 Å². The maximum atomic E-state index is 12.3. The van der Waals surface area contributed by atoms with Crippen molar-refractivity contribution in [2.75, 3.05) is 12.5 Å². The highest BCUT2D eigenvalue weighted by molar-refractivity contribution is 7.89. The first-order chi connectivity index (χ1) is 10.1. The van der Waals surface area contributed by atoms with Gasteiger partial charge in [-0.3, -0.25) is 0 Å². The molecule has 8 heteroatoms. The molecule has 0 spiro atoms. The minimum Gasteiger partial charge on any atom is -0.497 e. The van der Waals surface area contributed by atoms with Crippen molar-refractivity contribution in [3.05, 3.63) is 48.2 Å². The van der Waals surface area contributed by atoms with Gasteiger partial charge in [-0.05, 0) is 29.8 Å². The largest absolute Gasteiger partial charge is 0.497 e. The summed E-state index contributed by atoms with van der Waals surface area (Å²) in [5.74, 6) is 6.03. The van der Waals surface area contributed by atoms with Crippen molar-refractivity contribution >= 4 is 15.8 Å². The summed E-state index contributed by atoms with van der Waals surface area (Å²) in [5, 5.41) is 0. The predicted octanol–water partition coefficient (Wildman–Crippen LogP) is 0.854. The Morgan fingerprint density at radius 3 is 2.81 bits per heavy atom. The second kappa shape index (κ2) is 6.53. The number of ether oxygens (including phenoxy) is 1. The average molecular weight is 308 g/mol. The van der Waals surface area contributed by atoms with E-state index in [2.05, 4.69) is 15.1 Å². The van der Waals surface area contributed by atoms with Crippen LogP contribution in [0.3, 0.4) is 0 Å². The Morgan fingerprint density at radius 1 is 1.29 bits per heavy atom. The summed E-state index contributed by atoms with van der Waals surface area (Å²) in [6, 6.07) is 10.1. The van der Waals surface area contributed by atoms with Crippen molar-refractivity contribution < 1.29 is 13.2 Å². The first kappa shape index (κ1) is 15.2. The molecule has 0 unspecified atom stereocenters. The first-order valence-electron chi connectivity index (χ1n) is 6.11. The van der Waals surface area contributed by atoms with E-state index in [0.717, 1.165) is 5.56 Å². The maximum Gasteiger partial charge on any atom is 0.244 e. The van der Waals surface area contributed by atoms with E-state index in [0.29, 0.717) is 5.75 Å². The monoisotopic (exact) mass is 308 g/mol. The van der Waals surface area contributed by atoms with Gasteiger partial charge in [0.1, 0.15) is 10.6 Å². The summed E-state index contributed by atoms with van der Waals surface area (Å²) < 4.78 is 32.1. The third kappa shape index (κ3) is 3.69. The van der Waals surface area contributed by atoms with E-state index in [1.54, 1.807) is 31.4 Å². The molecule has 0 amide bonds. The molecule has 2 aromatic rings. The summed E-state index contributed by atoms with van der Waals surface area (Å²) >= 11 is 0. The van der Waals surface area contributed by atoms with E-state index in [4.69, 9.17) is 10.6 Å². The number of sulfonamides is 1. The maximum absolute atomic E-state index is 12.3. The highest BCUT2D eigenvalue weighted by Crippen LogP contribution is 2.18. The van der Waals surface area contributed by atoms with Crippen LogP contribution in [-0.2, 0) is 16.6 Å². The minimum absolute atomic E-state index is 0.00426. The molecule has 0 aliphatic carbocycles. The number of anilines is 1. The lowest BCUT2D eigenvalue weighted by molar-refractivity contribution is 0.414. The van der Waals surface area contributed by atoms with Crippen LogP contribution >= 0.6 is 0 Å². The van der Waals surface area contributed by atoms with Crippen molar-refractivity contribution in [3.8, 4) is 5.75 Å². The molecule has 0 saturated carbocycles. The molecule has 21 heavy (non-hydrogen) atoms. The number of nitrogens with zero attached hydrogens (tertiary/aromatic N) is 1. The number of nitrogens with one attached hydrogen (secondary N) is 2. The topological polar surface area (TPSA) is 106 Å². The summed E-state index contributed by atoms with van der Waals surface area (Å²) in [5.41, 5.74) is 3.05. The van der Waals surface area contributed by atoms with Gasteiger partial charge in [0.05, 0.1) is 7.11 Å². The lowest BCUT2D eigenvalue weighted by Gasteiger charge is -2.10. The third-order valence-corrected chi connectivity index (χ3v) is 4.23. The number of hydrogen-bond acceptors (Lipinski definition) is 6. The standard InChI is InChI=1S/C13H16N4O3S/c1-20-11-5-2-4-10(8-11)9-16-21(18,19)12-6-3-7-15-13(12)17-14/h2-8,16H,9,14H2,1H3,(H,15,17). The Labute approximate surface area is 123 Å². The van der Waals surface area contributed by atoms with E-state index in [-0.39, 0.29) is 17.3 Å². The van der Waals surface area contributed by atoms with Crippen LogP contribution in [0.25, 0.3) is 0 Å². The zero-order valence-electron chi connectivity index (χ0n) is 11.4. The summed E-state index contributed by atoms with van der Waals surface area (Å²) in [4.78, 5) is 3.87. The van der Waals surface area contributed by atoms with Crippen molar-refractivity contribution in [3.63, 3.8) is 0 Å². The number of nitrogen functional groups attached to an aromatic ring is 1. The molecule has 1 heterocycles. The van der Waals surface area contributed by atoms with Crippen LogP contribution in [0, 0.1) is 0 Å². The predicted molar refractivity (Wildman–Crippen MR) is 79.1 cm³/mol. The number of rotatable bonds is 6. The molecule has 7 nitrogen and oxygen atoms in total. The molecule has 112 valence electrons. The second-order valence-corrected chi connectivity index (χ2v) is 5.91. The molecule has 0 atom stereocenters. The van der Waals surface area contributed by atoms with Crippen LogP contribution in [0.15, 0.2) is 47.5 Å². The molecule has 1 aromatic heterocycles. The van der Waals surface area contributed by atoms with Crippen molar-refractivity contribution in [2.45, 2.75) is 11.4 Å². The zero-order chi connectivity index (χ0) is 15.3. The molecule has 0 bridgehead atoms. The Hall–Kier alpha value is -2.16. The van der Waals surface area contributed by atoms with E-state index < -0.39 is 10.0 Å². The van der Waals surface area contributed by atoms with Gasteiger partial charge in [-0.1, -0.05) is 12.1 Å². The van der Waals surface area contributed by atoms with Gasteiger partial charge >= 0.3 is 0 Å². The Kier molecular flexibility index (Phi) is 4.73. The van der Waals surface area contributed by atoms with Crippen LogP contribution in [0.1, 0.15) is 5.56 Å². The van der Waals surface area contributed by atoms with Crippen molar-refractivity contribution in [1.82, 2.24) is 9.71 Å². The summed E-state index contributed by atoms with van der Waals surface area (Å²) in [6.07, 6.45) is 1.45. The summed E-state index contributed by atoms with van der Waals surface area (Å²) in [7, 11) is -2.16. The lowest BCUT2D eigenvalue weighted by atomic mass is 10.2. The molecule has 4 N–H and O–H groups in total. The van der Waals surface area contributed by atoms with Gasteiger partial charge in [0.2, 0.25) is 10.0 Å². The van der Waals surface area contributed by atoms with Gasteiger partial charge in [-0.15, -0.1) is 0 Å². The fourth-order valence-electron chi connectivity index (χ4n) is 1.75. The number of aromatic nitrogens is 1. The summed E-state index contributed by atoms with van der Waals surface area (Å²) in [6.45, 7) is 0.137. The molecule has 0 radical (unpaired) electrons. The molecule has 1 aromatic carbocycles. The number of hydrazine groups is 1. The number of benzene rings is 1. The van der Waals surface area contributed by atoms with Crippen LogP contribution in [-0.4, -0.2) is 20.5 Å².